The average molecular weight is 276 g/mol. The maximum Gasteiger partial charge on any atom is 0.158 e. The highest BCUT2D eigenvalue weighted by molar-refractivity contribution is 5.05. The van der Waals surface area contributed by atoms with Crippen LogP contribution in [-0.2, 0) is 11.3 Å². The van der Waals surface area contributed by atoms with E-state index in [0.717, 1.165) is 44.3 Å². The van der Waals surface area contributed by atoms with Crippen molar-refractivity contribution < 1.29 is 4.74 Å². The highest BCUT2D eigenvalue weighted by Gasteiger charge is 2.24. The standard InChI is InChI=1S/C15H24N4O/c1-2-7-19-8-9-20-14(11-19)15-16-6-5-13(18-15)10-17-12-3-4-12/h5-6,12,14,17H,2-4,7-11H2,1H3. The number of ether oxygens (including phenoxy) is 1. The molecule has 110 valence electrons. The van der Waals surface area contributed by atoms with Gasteiger partial charge in [0.2, 0.25) is 0 Å². The van der Waals surface area contributed by atoms with Gasteiger partial charge in [0.05, 0.1) is 12.3 Å². The lowest BCUT2D eigenvalue weighted by molar-refractivity contribution is -0.0343. The van der Waals surface area contributed by atoms with Crippen LogP contribution < -0.4 is 5.32 Å². The summed E-state index contributed by atoms with van der Waals surface area (Å²) >= 11 is 0. The summed E-state index contributed by atoms with van der Waals surface area (Å²) in [5.74, 6) is 0.834. The lowest BCUT2D eigenvalue weighted by Gasteiger charge is -2.31. The van der Waals surface area contributed by atoms with Crippen molar-refractivity contribution >= 4 is 0 Å². The number of aromatic nitrogens is 2. The summed E-state index contributed by atoms with van der Waals surface area (Å²) in [5.41, 5.74) is 1.07. The van der Waals surface area contributed by atoms with Crippen LogP contribution >= 0.6 is 0 Å². The minimum absolute atomic E-state index is 0.0242. The molecule has 5 nitrogen and oxygen atoms in total. The molecule has 1 atom stereocenters. The second kappa shape index (κ2) is 6.61. The van der Waals surface area contributed by atoms with Crippen LogP contribution in [0.15, 0.2) is 12.3 Å². The Balaban J connectivity index is 1.61. The van der Waals surface area contributed by atoms with E-state index in [4.69, 9.17) is 4.74 Å². The summed E-state index contributed by atoms with van der Waals surface area (Å²) in [5, 5.41) is 3.49. The molecule has 0 bridgehead atoms. The van der Waals surface area contributed by atoms with Crippen molar-refractivity contribution in [3.63, 3.8) is 0 Å². The van der Waals surface area contributed by atoms with Gasteiger partial charge >= 0.3 is 0 Å². The third-order valence-corrected chi connectivity index (χ3v) is 3.86. The predicted octanol–water partition coefficient (Wildman–Crippen LogP) is 1.51. The zero-order chi connectivity index (χ0) is 13.8. The molecule has 20 heavy (non-hydrogen) atoms. The minimum atomic E-state index is 0.0242. The molecule has 1 saturated carbocycles. The molecule has 1 aliphatic carbocycles. The number of rotatable bonds is 6. The second-order valence-electron chi connectivity index (χ2n) is 5.72. The Kier molecular flexibility index (Phi) is 4.60. The average Bonchev–Trinajstić information content (AvgIpc) is 3.30. The summed E-state index contributed by atoms with van der Waals surface area (Å²) < 4.78 is 5.85. The molecule has 1 aliphatic heterocycles. The fraction of sp³-hybridized carbons (Fsp3) is 0.733. The van der Waals surface area contributed by atoms with Crippen LogP contribution in [0.3, 0.4) is 0 Å². The van der Waals surface area contributed by atoms with Gasteiger partial charge in [-0.2, -0.15) is 0 Å². The van der Waals surface area contributed by atoms with Crippen molar-refractivity contribution in [2.24, 2.45) is 0 Å². The summed E-state index contributed by atoms with van der Waals surface area (Å²) in [6.45, 7) is 6.89. The topological polar surface area (TPSA) is 50.3 Å². The van der Waals surface area contributed by atoms with Gasteiger partial charge in [-0.15, -0.1) is 0 Å². The number of hydrogen-bond acceptors (Lipinski definition) is 5. The Bertz CT molecular complexity index is 434. The highest BCUT2D eigenvalue weighted by atomic mass is 16.5. The van der Waals surface area contributed by atoms with E-state index < -0.39 is 0 Å². The zero-order valence-corrected chi connectivity index (χ0v) is 12.2. The lowest BCUT2D eigenvalue weighted by Crippen LogP contribution is -2.39. The normalized spacial score (nSPS) is 23.9. The summed E-state index contributed by atoms with van der Waals surface area (Å²) in [6.07, 6.45) is 5.66. The van der Waals surface area contributed by atoms with Crippen LogP contribution in [0, 0.1) is 0 Å². The Morgan fingerprint density at radius 2 is 2.35 bits per heavy atom. The molecule has 1 N–H and O–H groups in total. The van der Waals surface area contributed by atoms with E-state index in [2.05, 4.69) is 27.1 Å². The minimum Gasteiger partial charge on any atom is -0.368 e. The molecule has 1 unspecified atom stereocenters. The molecular formula is C15H24N4O. The molecule has 2 heterocycles. The fourth-order valence-electron chi connectivity index (χ4n) is 2.58. The van der Waals surface area contributed by atoms with Crippen molar-refractivity contribution in [3.05, 3.63) is 23.8 Å². The van der Waals surface area contributed by atoms with Crippen molar-refractivity contribution in [3.8, 4) is 0 Å². The predicted molar refractivity (Wildman–Crippen MR) is 77.3 cm³/mol. The van der Waals surface area contributed by atoms with Gasteiger partial charge in [0, 0.05) is 31.9 Å². The zero-order valence-electron chi connectivity index (χ0n) is 12.2. The van der Waals surface area contributed by atoms with Gasteiger partial charge in [0.1, 0.15) is 6.10 Å². The van der Waals surface area contributed by atoms with Crippen molar-refractivity contribution in [1.29, 1.82) is 0 Å². The first-order valence-corrected chi connectivity index (χ1v) is 7.74. The van der Waals surface area contributed by atoms with E-state index in [1.165, 1.54) is 19.3 Å². The highest BCUT2D eigenvalue weighted by Crippen LogP contribution is 2.21. The Hall–Kier alpha value is -1.04. The first-order valence-electron chi connectivity index (χ1n) is 7.74. The van der Waals surface area contributed by atoms with Gasteiger partial charge in [-0.25, -0.2) is 9.97 Å². The summed E-state index contributed by atoms with van der Waals surface area (Å²) in [4.78, 5) is 11.5. The Morgan fingerprint density at radius 3 is 3.15 bits per heavy atom. The Morgan fingerprint density at radius 1 is 1.45 bits per heavy atom. The monoisotopic (exact) mass is 276 g/mol. The maximum atomic E-state index is 5.85. The number of morpholine rings is 1. The van der Waals surface area contributed by atoms with Crippen LogP contribution in [0.25, 0.3) is 0 Å². The van der Waals surface area contributed by atoms with Gasteiger partial charge in [0.15, 0.2) is 5.82 Å². The Labute approximate surface area is 120 Å². The van der Waals surface area contributed by atoms with Crippen LogP contribution in [0.4, 0.5) is 0 Å². The van der Waals surface area contributed by atoms with E-state index >= 15 is 0 Å². The second-order valence-corrected chi connectivity index (χ2v) is 5.72. The van der Waals surface area contributed by atoms with E-state index in [0.29, 0.717) is 6.04 Å². The molecule has 0 amide bonds. The largest absolute Gasteiger partial charge is 0.368 e. The molecule has 0 radical (unpaired) electrons. The van der Waals surface area contributed by atoms with Gasteiger partial charge in [-0.3, -0.25) is 4.90 Å². The summed E-state index contributed by atoms with van der Waals surface area (Å²) in [6, 6.07) is 2.70. The molecule has 5 heteroatoms. The van der Waals surface area contributed by atoms with E-state index in [1.54, 1.807) is 0 Å². The molecule has 1 saturated heterocycles. The van der Waals surface area contributed by atoms with Crippen LogP contribution in [0.5, 0.6) is 0 Å². The first-order chi connectivity index (χ1) is 9.85. The molecular weight excluding hydrogens is 252 g/mol. The lowest BCUT2D eigenvalue weighted by atomic mass is 10.2. The SMILES string of the molecule is CCCN1CCOC(c2nccc(CNC3CC3)n2)C1. The van der Waals surface area contributed by atoms with Crippen LogP contribution in [0.2, 0.25) is 0 Å². The van der Waals surface area contributed by atoms with Crippen LogP contribution in [-0.4, -0.2) is 47.2 Å². The fourth-order valence-corrected chi connectivity index (χ4v) is 2.58. The van der Waals surface area contributed by atoms with Gasteiger partial charge in [-0.1, -0.05) is 6.92 Å². The van der Waals surface area contributed by atoms with Gasteiger partial charge < -0.3 is 10.1 Å². The van der Waals surface area contributed by atoms with E-state index in [9.17, 15) is 0 Å². The number of nitrogens with one attached hydrogen (secondary N) is 1. The number of nitrogens with zero attached hydrogens (tertiary/aromatic N) is 3. The van der Waals surface area contributed by atoms with E-state index in [1.807, 2.05) is 12.3 Å². The van der Waals surface area contributed by atoms with Gasteiger partial charge in [-0.05, 0) is 31.9 Å². The maximum absolute atomic E-state index is 5.85. The molecule has 1 aromatic rings. The molecule has 3 rings (SSSR count). The van der Waals surface area contributed by atoms with Crippen molar-refractivity contribution in [1.82, 2.24) is 20.2 Å². The molecule has 2 aliphatic rings. The van der Waals surface area contributed by atoms with Crippen LogP contribution in [0.1, 0.15) is 43.8 Å². The smallest absolute Gasteiger partial charge is 0.158 e. The third-order valence-electron chi connectivity index (χ3n) is 3.86. The molecule has 0 aromatic carbocycles. The van der Waals surface area contributed by atoms with Gasteiger partial charge in [0.25, 0.3) is 0 Å². The quantitative estimate of drug-likeness (QED) is 0.853. The summed E-state index contributed by atoms with van der Waals surface area (Å²) in [7, 11) is 0. The van der Waals surface area contributed by atoms with Crippen molar-refractivity contribution in [2.75, 3.05) is 26.2 Å². The van der Waals surface area contributed by atoms with E-state index in [-0.39, 0.29) is 6.10 Å². The van der Waals surface area contributed by atoms with Crippen molar-refractivity contribution in [2.45, 2.75) is 44.9 Å². The third kappa shape index (κ3) is 3.75. The molecule has 0 spiro atoms. The number of hydrogen-bond donors (Lipinski definition) is 1. The molecule has 2 fully saturated rings. The molecule has 1 aromatic heterocycles. The first kappa shape index (κ1) is 13.9.